The number of benzene rings is 4. The maximum absolute atomic E-state index is 9.89. The lowest BCUT2D eigenvalue weighted by molar-refractivity contribution is -0.462. The van der Waals surface area contributed by atoms with Gasteiger partial charge in [0.1, 0.15) is 35.6 Å². The summed E-state index contributed by atoms with van der Waals surface area (Å²) >= 11 is 3.67. The van der Waals surface area contributed by atoms with E-state index in [1.54, 1.807) is 0 Å². The van der Waals surface area contributed by atoms with Gasteiger partial charge in [-0.3, -0.25) is 0 Å². The van der Waals surface area contributed by atoms with Gasteiger partial charge in [-0.2, -0.15) is 0 Å². The Morgan fingerprint density at radius 1 is 0.379 bits per heavy atom. The largest absolute Gasteiger partial charge is 0.867 e. The average Bonchev–Trinajstić information content (AvgIpc) is 3.27. The van der Waals surface area contributed by atoms with Crippen LogP contribution < -0.4 is 10.0 Å². The Hall–Kier alpha value is -5.77. The summed E-state index contributed by atoms with van der Waals surface area (Å²) in [4.78, 5) is 5.12. The van der Waals surface area contributed by atoms with Gasteiger partial charge in [-0.15, -0.1) is 0 Å². The predicted octanol–water partition coefficient (Wildman–Crippen LogP) is 9.56. The summed E-state index contributed by atoms with van der Waals surface area (Å²) in [6.45, 7) is 0. The third-order valence-electron chi connectivity index (χ3n) is 9.25. The Bertz CT molecular complexity index is 2150. The SMILES string of the molecule is C[N+](C)=C1C=CC(=C2C=C(c3ccccc3)SC(c3ccccc3)=C2)C=C1.C[N+](C)=C1C=CC(=C2C=C(c3ccccc3)SC(c3ccccc3)=C2)C=C1.[O-]B([O-])F. The van der Waals surface area contributed by atoms with E-state index in [0.29, 0.717) is 0 Å². The molecule has 0 amide bonds. The molecule has 4 nitrogen and oxygen atoms in total. The zero-order valence-electron chi connectivity index (χ0n) is 33.0. The molecule has 2 aliphatic carbocycles. The molecule has 4 aliphatic rings. The van der Waals surface area contributed by atoms with Gasteiger partial charge in [0.25, 0.3) is 0 Å². The molecule has 288 valence electrons. The van der Waals surface area contributed by atoms with Crippen LogP contribution in [0.2, 0.25) is 0 Å². The quantitative estimate of drug-likeness (QED) is 0.153. The summed E-state index contributed by atoms with van der Waals surface area (Å²) in [6, 6.07) is 42.5. The molecule has 0 saturated carbocycles. The van der Waals surface area contributed by atoms with E-state index in [1.807, 2.05) is 23.5 Å². The van der Waals surface area contributed by atoms with Crippen molar-refractivity contribution < 1.29 is 23.5 Å². The number of halogens is 1. The van der Waals surface area contributed by atoms with Crippen LogP contribution in [0.3, 0.4) is 0 Å². The molecule has 0 spiro atoms. The van der Waals surface area contributed by atoms with Crippen molar-refractivity contribution in [3.63, 3.8) is 0 Å². The molecule has 0 N–H and O–H groups in total. The molecule has 2 aliphatic heterocycles. The third-order valence-corrected chi connectivity index (χ3v) is 11.5. The Kier molecular flexibility index (Phi) is 14.9. The minimum Gasteiger partial charge on any atom is -0.867 e. The molecule has 0 radical (unpaired) electrons. The van der Waals surface area contributed by atoms with Gasteiger partial charge in [-0.25, -0.2) is 9.15 Å². The van der Waals surface area contributed by atoms with Gasteiger partial charge < -0.3 is 14.4 Å². The fourth-order valence-electron chi connectivity index (χ4n) is 6.22. The van der Waals surface area contributed by atoms with Crippen LogP contribution in [0.1, 0.15) is 22.3 Å². The van der Waals surface area contributed by atoms with Crippen molar-refractivity contribution in [1.29, 1.82) is 0 Å². The van der Waals surface area contributed by atoms with Gasteiger partial charge >= 0.3 is 0 Å². The van der Waals surface area contributed by atoms with E-state index in [-0.39, 0.29) is 0 Å². The van der Waals surface area contributed by atoms with Crippen molar-refractivity contribution in [2.24, 2.45) is 0 Å². The number of rotatable bonds is 4. The molecule has 2 heterocycles. The van der Waals surface area contributed by atoms with Crippen LogP contribution in [0.4, 0.5) is 4.32 Å². The van der Waals surface area contributed by atoms with Crippen molar-refractivity contribution in [2.75, 3.05) is 28.2 Å². The molecule has 4 aromatic carbocycles. The number of thioether (sulfide) groups is 2. The molecule has 8 rings (SSSR count). The van der Waals surface area contributed by atoms with Crippen LogP contribution >= 0.6 is 23.5 Å². The molecule has 0 atom stereocenters. The lowest BCUT2D eigenvalue weighted by Gasteiger charge is -2.18. The normalized spacial score (nSPS) is 15.6. The van der Waals surface area contributed by atoms with Gasteiger partial charge in [0.05, 0.1) is 0 Å². The highest BCUT2D eigenvalue weighted by Gasteiger charge is 2.18. The Morgan fingerprint density at radius 2 is 0.603 bits per heavy atom. The van der Waals surface area contributed by atoms with Crippen molar-refractivity contribution in [2.45, 2.75) is 0 Å². The summed E-state index contributed by atoms with van der Waals surface area (Å²) in [5, 5.41) is 16.6. The third kappa shape index (κ3) is 11.7. The second-order valence-corrected chi connectivity index (χ2v) is 15.9. The fraction of sp³-hybridized carbons (Fsp3) is 0.0800. The molecule has 0 bridgehead atoms. The summed E-state index contributed by atoms with van der Waals surface area (Å²) in [7, 11) is 5.11. The minimum atomic E-state index is -3.17. The molecule has 0 fully saturated rings. The lowest BCUT2D eigenvalue weighted by atomic mass is 9.99. The molecule has 4 aromatic rings. The fourth-order valence-corrected chi connectivity index (χ4v) is 8.45. The van der Waals surface area contributed by atoms with Gasteiger partial charge in [0.15, 0.2) is 11.4 Å². The summed E-state index contributed by atoms with van der Waals surface area (Å²) in [5.74, 6) is 0. The van der Waals surface area contributed by atoms with E-state index >= 15 is 0 Å². The molecule has 0 unspecified atom stereocenters. The first-order valence-electron chi connectivity index (χ1n) is 18.8. The zero-order chi connectivity index (χ0) is 40.9. The maximum Gasteiger partial charge on any atom is 0.199 e. The van der Waals surface area contributed by atoms with Gasteiger partial charge in [0.2, 0.25) is 0 Å². The number of hydrogen-bond donors (Lipinski definition) is 0. The number of hydrogen-bond acceptors (Lipinski definition) is 4. The monoisotopic (exact) mass is 798 g/mol. The Labute approximate surface area is 350 Å². The summed E-state index contributed by atoms with van der Waals surface area (Å²) in [6.07, 6.45) is 26.7. The van der Waals surface area contributed by atoms with E-state index in [2.05, 4.69) is 232 Å². The molecular formula is C50H44BFN2O2S2. The summed E-state index contributed by atoms with van der Waals surface area (Å²) < 4.78 is 14.1. The summed E-state index contributed by atoms with van der Waals surface area (Å²) in [5.41, 5.74) is 12.4. The minimum absolute atomic E-state index is 1.21. The lowest BCUT2D eigenvalue weighted by Crippen LogP contribution is -2.39. The first-order chi connectivity index (χ1) is 28.1. The molecule has 0 aromatic heterocycles. The number of allylic oxidation sites excluding steroid dienone is 16. The van der Waals surface area contributed by atoms with Gasteiger partial charge in [-0.05, 0) is 93.2 Å². The maximum atomic E-state index is 9.89. The number of nitrogens with zero attached hydrogens (tertiary/aromatic N) is 2. The van der Waals surface area contributed by atoms with E-state index in [0.717, 1.165) is 0 Å². The highest BCUT2D eigenvalue weighted by molar-refractivity contribution is 8.17. The average molecular weight is 799 g/mol. The highest BCUT2D eigenvalue weighted by Crippen LogP contribution is 2.46. The van der Waals surface area contributed by atoms with Gasteiger partial charge in [0, 0.05) is 43.9 Å². The van der Waals surface area contributed by atoms with Crippen LogP contribution in [0.25, 0.3) is 19.6 Å². The Balaban J connectivity index is 0.000000179. The van der Waals surface area contributed by atoms with Crippen LogP contribution in [0.15, 0.2) is 217 Å². The van der Waals surface area contributed by atoms with Crippen molar-refractivity contribution in [1.82, 2.24) is 0 Å². The molecule has 58 heavy (non-hydrogen) atoms. The van der Waals surface area contributed by atoms with E-state index in [1.165, 1.54) is 75.6 Å². The topological polar surface area (TPSA) is 52.1 Å². The van der Waals surface area contributed by atoms with Crippen LogP contribution in [0.5, 0.6) is 0 Å². The van der Waals surface area contributed by atoms with Crippen molar-refractivity contribution >= 4 is 62.0 Å². The second kappa shape index (κ2) is 20.6. The van der Waals surface area contributed by atoms with Crippen LogP contribution in [-0.2, 0) is 0 Å². The highest BCUT2D eigenvalue weighted by atomic mass is 32.2. The van der Waals surface area contributed by atoms with Gasteiger partial charge in [-0.1, -0.05) is 145 Å². The van der Waals surface area contributed by atoms with E-state index < -0.39 is 7.40 Å². The molecule has 0 saturated heterocycles. The predicted molar refractivity (Wildman–Crippen MR) is 245 cm³/mol. The molecule has 8 heteroatoms. The van der Waals surface area contributed by atoms with E-state index in [4.69, 9.17) is 10.0 Å². The smallest absolute Gasteiger partial charge is 0.199 e. The van der Waals surface area contributed by atoms with Crippen molar-refractivity contribution in [3.05, 3.63) is 239 Å². The van der Waals surface area contributed by atoms with Crippen molar-refractivity contribution in [3.8, 4) is 0 Å². The van der Waals surface area contributed by atoms with E-state index in [9.17, 15) is 4.32 Å². The Morgan fingerprint density at radius 3 is 0.810 bits per heavy atom. The standard InChI is InChI=1S/2C25H22NS.BFO2/c2*1-26(2)23-15-13-19(14-16-23)22-17-24(20-9-5-3-6-10-20)27-25(18-22)21-11-7-4-8-12-21;2-1(3)4/h2*3-18H,1-2H3;/q2*+1;-2. The second-order valence-electron chi connectivity index (χ2n) is 13.8. The molecular weight excluding hydrogens is 755 g/mol. The first-order valence-corrected chi connectivity index (χ1v) is 20.5. The van der Waals surface area contributed by atoms with Crippen LogP contribution in [-0.4, -0.2) is 56.2 Å². The zero-order valence-corrected chi connectivity index (χ0v) is 34.6. The van der Waals surface area contributed by atoms with Crippen LogP contribution in [0, 0.1) is 0 Å². The first kappa shape index (κ1) is 41.9.